The molecular formula is C22H16BrClN4O2. The smallest absolute Gasteiger partial charge is 0.273 e. The Morgan fingerprint density at radius 3 is 2.57 bits per heavy atom. The monoisotopic (exact) mass is 482 g/mol. The van der Waals surface area contributed by atoms with Gasteiger partial charge < -0.3 is 5.32 Å². The van der Waals surface area contributed by atoms with Crippen molar-refractivity contribution in [2.45, 2.75) is 13.0 Å². The minimum atomic E-state index is -0.498. The van der Waals surface area contributed by atoms with Crippen LogP contribution in [0.15, 0.2) is 76.4 Å². The van der Waals surface area contributed by atoms with E-state index in [1.165, 1.54) is 12.4 Å². The van der Waals surface area contributed by atoms with Crippen molar-refractivity contribution < 1.29 is 4.79 Å². The van der Waals surface area contributed by atoms with E-state index in [9.17, 15) is 9.59 Å². The quantitative estimate of drug-likeness (QED) is 0.457. The van der Waals surface area contributed by atoms with Crippen LogP contribution in [0.4, 0.5) is 0 Å². The Morgan fingerprint density at radius 2 is 1.83 bits per heavy atom. The zero-order valence-corrected chi connectivity index (χ0v) is 18.2. The predicted octanol–water partition coefficient (Wildman–Crippen LogP) is 4.69. The fourth-order valence-electron chi connectivity index (χ4n) is 3.31. The van der Waals surface area contributed by atoms with Crippen molar-refractivity contribution in [2.24, 2.45) is 0 Å². The molecule has 2 heterocycles. The van der Waals surface area contributed by atoms with Gasteiger partial charge in [-0.3, -0.25) is 14.2 Å². The van der Waals surface area contributed by atoms with E-state index >= 15 is 0 Å². The summed E-state index contributed by atoms with van der Waals surface area (Å²) in [5.74, 6) is -0.402. The molecule has 4 aromatic rings. The number of nitrogens with zero attached hydrogens (tertiary/aromatic N) is 3. The maximum absolute atomic E-state index is 13.4. The summed E-state index contributed by atoms with van der Waals surface area (Å²) < 4.78 is 1.92. The van der Waals surface area contributed by atoms with Gasteiger partial charge in [0.15, 0.2) is 5.69 Å². The highest BCUT2D eigenvalue weighted by Crippen LogP contribution is 2.25. The molecule has 150 valence electrons. The number of pyridine rings is 1. The van der Waals surface area contributed by atoms with Gasteiger partial charge in [-0.1, -0.05) is 41.9 Å². The van der Waals surface area contributed by atoms with Crippen LogP contribution in [0.3, 0.4) is 0 Å². The van der Waals surface area contributed by atoms with Gasteiger partial charge in [0.1, 0.15) is 4.60 Å². The first-order valence-electron chi connectivity index (χ1n) is 9.14. The summed E-state index contributed by atoms with van der Waals surface area (Å²) in [7, 11) is 0. The van der Waals surface area contributed by atoms with Crippen LogP contribution >= 0.6 is 27.5 Å². The van der Waals surface area contributed by atoms with Crippen molar-refractivity contribution in [3.05, 3.63) is 98.4 Å². The molecule has 0 fully saturated rings. The number of para-hydroxylation sites is 1. The third kappa shape index (κ3) is 3.74. The number of carbonyl (C=O) groups excluding carboxylic acids is 1. The van der Waals surface area contributed by atoms with Crippen molar-refractivity contribution in [1.82, 2.24) is 19.9 Å². The number of hydrogen-bond acceptors (Lipinski definition) is 4. The molecule has 1 unspecified atom stereocenters. The molecule has 0 aliphatic heterocycles. The molecule has 8 heteroatoms. The summed E-state index contributed by atoms with van der Waals surface area (Å²) in [5, 5.41) is 4.43. The zero-order chi connectivity index (χ0) is 21.3. The van der Waals surface area contributed by atoms with E-state index in [1.807, 2.05) is 49.4 Å². The molecule has 0 aliphatic rings. The Kier molecular flexibility index (Phi) is 5.65. The lowest BCUT2D eigenvalue weighted by atomic mass is 10.1. The molecule has 0 bridgehead atoms. The number of aromatic nitrogens is 3. The molecule has 1 amide bonds. The van der Waals surface area contributed by atoms with Gasteiger partial charge in [0.25, 0.3) is 11.5 Å². The first kappa shape index (κ1) is 20.3. The molecule has 0 aliphatic carbocycles. The molecule has 1 N–H and O–H groups in total. The van der Waals surface area contributed by atoms with Gasteiger partial charge in [-0.2, -0.15) is 0 Å². The van der Waals surface area contributed by atoms with E-state index in [2.05, 4.69) is 31.2 Å². The van der Waals surface area contributed by atoms with Crippen LogP contribution in [0, 0.1) is 0 Å². The third-order valence-corrected chi connectivity index (χ3v) is 5.59. The summed E-state index contributed by atoms with van der Waals surface area (Å²) in [4.78, 5) is 34.3. The molecular weight excluding hydrogens is 468 g/mol. The van der Waals surface area contributed by atoms with E-state index in [0.29, 0.717) is 31.8 Å². The molecule has 6 nitrogen and oxygen atoms in total. The largest absolute Gasteiger partial charge is 0.343 e. The normalized spacial score (nSPS) is 12.0. The van der Waals surface area contributed by atoms with E-state index in [0.717, 1.165) is 0 Å². The molecule has 1 atom stereocenters. The van der Waals surface area contributed by atoms with Crippen LogP contribution in [0.25, 0.3) is 16.5 Å². The van der Waals surface area contributed by atoms with E-state index < -0.39 is 11.9 Å². The highest BCUT2D eigenvalue weighted by atomic mass is 79.9. The van der Waals surface area contributed by atoms with Gasteiger partial charge in [0, 0.05) is 23.8 Å². The maximum atomic E-state index is 13.4. The van der Waals surface area contributed by atoms with Gasteiger partial charge in [0.2, 0.25) is 0 Å². The van der Waals surface area contributed by atoms with Gasteiger partial charge in [0.05, 0.1) is 16.5 Å². The van der Waals surface area contributed by atoms with Crippen molar-refractivity contribution in [3.8, 4) is 5.69 Å². The number of carbonyl (C=O) groups is 1. The molecule has 0 saturated carbocycles. The second-order valence-corrected chi connectivity index (χ2v) is 7.80. The summed E-state index contributed by atoms with van der Waals surface area (Å²) in [6.07, 6.45) is 2.94. The molecule has 30 heavy (non-hydrogen) atoms. The molecule has 2 aromatic heterocycles. The SMILES string of the molecule is CC(NC(=O)c1nccnc1Br)c1cc2cccc(Cl)c2c(=O)n1-c1ccccc1. The van der Waals surface area contributed by atoms with Crippen LogP contribution < -0.4 is 10.9 Å². The summed E-state index contributed by atoms with van der Waals surface area (Å²) in [6, 6.07) is 15.9. The second-order valence-electron chi connectivity index (χ2n) is 6.64. The fourth-order valence-corrected chi connectivity index (χ4v) is 3.98. The standard InChI is InChI=1S/C22H16BrClN4O2/c1-13(27-21(29)19-20(23)26-11-10-25-19)17-12-14-6-5-9-16(24)18(14)22(30)28(17)15-7-3-2-4-8-15/h2-13H,1H3,(H,27,29). The van der Waals surface area contributed by atoms with Gasteiger partial charge >= 0.3 is 0 Å². The van der Waals surface area contributed by atoms with Crippen LogP contribution in [0.1, 0.15) is 29.1 Å². The van der Waals surface area contributed by atoms with Crippen LogP contribution in [-0.2, 0) is 0 Å². The van der Waals surface area contributed by atoms with Crippen molar-refractivity contribution in [1.29, 1.82) is 0 Å². The topological polar surface area (TPSA) is 76.9 Å². The molecule has 2 aromatic carbocycles. The Bertz CT molecular complexity index is 1310. The Labute approximate surface area is 185 Å². The van der Waals surface area contributed by atoms with Gasteiger partial charge in [-0.05, 0) is 52.5 Å². The number of benzene rings is 2. The molecule has 0 radical (unpaired) electrons. The highest BCUT2D eigenvalue weighted by molar-refractivity contribution is 9.10. The number of amides is 1. The molecule has 0 spiro atoms. The lowest BCUT2D eigenvalue weighted by Gasteiger charge is -2.21. The Morgan fingerprint density at radius 1 is 1.10 bits per heavy atom. The van der Waals surface area contributed by atoms with Crippen LogP contribution in [0.5, 0.6) is 0 Å². The maximum Gasteiger partial charge on any atom is 0.273 e. The molecule has 4 rings (SSSR count). The van der Waals surface area contributed by atoms with Gasteiger partial charge in [-0.25, -0.2) is 9.97 Å². The van der Waals surface area contributed by atoms with E-state index in [1.54, 1.807) is 16.7 Å². The van der Waals surface area contributed by atoms with Crippen LogP contribution in [0.2, 0.25) is 5.02 Å². The zero-order valence-electron chi connectivity index (χ0n) is 15.8. The second kappa shape index (κ2) is 8.38. The number of halogens is 2. The van der Waals surface area contributed by atoms with Crippen molar-refractivity contribution >= 4 is 44.2 Å². The lowest BCUT2D eigenvalue weighted by molar-refractivity contribution is 0.0932. The number of rotatable bonds is 4. The average molecular weight is 484 g/mol. The predicted molar refractivity (Wildman–Crippen MR) is 120 cm³/mol. The Hall–Kier alpha value is -3.03. The van der Waals surface area contributed by atoms with E-state index in [-0.39, 0.29) is 11.3 Å². The van der Waals surface area contributed by atoms with Gasteiger partial charge in [-0.15, -0.1) is 0 Å². The fraction of sp³-hybridized carbons (Fsp3) is 0.0909. The van der Waals surface area contributed by atoms with Crippen molar-refractivity contribution in [3.63, 3.8) is 0 Å². The van der Waals surface area contributed by atoms with Crippen LogP contribution in [-0.4, -0.2) is 20.4 Å². The first-order valence-corrected chi connectivity index (χ1v) is 10.3. The first-order chi connectivity index (χ1) is 14.5. The minimum absolute atomic E-state index is 0.168. The lowest BCUT2D eigenvalue weighted by Crippen LogP contribution is -2.32. The number of fused-ring (bicyclic) bond motifs is 1. The van der Waals surface area contributed by atoms with Crippen molar-refractivity contribution in [2.75, 3.05) is 0 Å². The highest BCUT2D eigenvalue weighted by Gasteiger charge is 2.21. The summed E-state index contributed by atoms with van der Waals surface area (Å²) in [5.41, 5.74) is 1.22. The average Bonchev–Trinajstić information content (AvgIpc) is 2.74. The number of nitrogens with one attached hydrogen (secondary N) is 1. The summed E-state index contributed by atoms with van der Waals surface area (Å²) in [6.45, 7) is 1.81. The third-order valence-electron chi connectivity index (χ3n) is 4.70. The number of hydrogen-bond donors (Lipinski definition) is 1. The minimum Gasteiger partial charge on any atom is -0.343 e. The molecule has 0 saturated heterocycles. The van der Waals surface area contributed by atoms with E-state index in [4.69, 9.17) is 11.6 Å². The Balaban J connectivity index is 1.86. The summed E-state index contributed by atoms with van der Waals surface area (Å²) >= 11 is 9.57.